The maximum Gasteiger partial charge on any atom is 0.313 e. The molecule has 0 atom stereocenters. The van der Waals surface area contributed by atoms with Crippen LogP contribution in [0.25, 0.3) is 0 Å². The molecule has 7 heteroatoms. The molecule has 0 radical (unpaired) electrons. The van der Waals surface area contributed by atoms with Gasteiger partial charge in [0.1, 0.15) is 5.75 Å². The van der Waals surface area contributed by atoms with Gasteiger partial charge in [-0.3, -0.25) is 9.59 Å². The molecule has 0 aliphatic carbocycles. The zero-order valence-electron chi connectivity index (χ0n) is 8.21. The topological polar surface area (TPSA) is 81.4 Å². The fourth-order valence-corrected chi connectivity index (χ4v) is 1.41. The van der Waals surface area contributed by atoms with Gasteiger partial charge in [-0.25, -0.2) is 0 Å². The molecule has 2 amide bonds. The van der Waals surface area contributed by atoms with Gasteiger partial charge in [0.05, 0.1) is 22.8 Å². The van der Waals surface area contributed by atoms with Gasteiger partial charge in [0.25, 0.3) is 0 Å². The number of amides is 2. The molecule has 1 rings (SSSR count). The molecule has 0 aliphatic rings. The molecule has 0 fully saturated rings. The number of nitrogens with two attached hydrogens (primary N) is 1. The summed E-state index contributed by atoms with van der Waals surface area (Å²) in [7, 11) is 1.43. The van der Waals surface area contributed by atoms with Crippen molar-refractivity contribution in [3.8, 4) is 5.75 Å². The molecule has 5 nitrogen and oxygen atoms in total. The summed E-state index contributed by atoms with van der Waals surface area (Å²) in [5, 5.41) is 2.66. The molecule has 0 aromatic heterocycles. The number of anilines is 1. The summed E-state index contributed by atoms with van der Waals surface area (Å²) >= 11 is 11.6. The average molecular weight is 263 g/mol. The van der Waals surface area contributed by atoms with Crippen LogP contribution in [-0.2, 0) is 9.59 Å². The number of hydrogen-bond acceptors (Lipinski definition) is 3. The van der Waals surface area contributed by atoms with Gasteiger partial charge in [-0.15, -0.1) is 0 Å². The van der Waals surface area contributed by atoms with Crippen LogP contribution in [0.3, 0.4) is 0 Å². The van der Waals surface area contributed by atoms with Gasteiger partial charge in [-0.05, 0) is 6.07 Å². The Bertz CT molecular complexity index is 449. The van der Waals surface area contributed by atoms with Crippen molar-refractivity contribution < 1.29 is 14.3 Å². The van der Waals surface area contributed by atoms with Gasteiger partial charge >= 0.3 is 11.8 Å². The first-order chi connectivity index (χ1) is 7.45. The Morgan fingerprint density at radius 1 is 1.31 bits per heavy atom. The molecule has 16 heavy (non-hydrogen) atoms. The van der Waals surface area contributed by atoms with Crippen LogP contribution in [0.15, 0.2) is 12.1 Å². The first-order valence-electron chi connectivity index (χ1n) is 4.09. The fourth-order valence-electron chi connectivity index (χ4n) is 0.965. The Hall–Kier alpha value is -1.46. The number of halogens is 2. The van der Waals surface area contributed by atoms with Crippen LogP contribution in [0.1, 0.15) is 0 Å². The number of carbonyl (C=O) groups is 2. The van der Waals surface area contributed by atoms with Gasteiger partial charge in [0.2, 0.25) is 0 Å². The minimum Gasteiger partial charge on any atom is -0.495 e. The van der Waals surface area contributed by atoms with Gasteiger partial charge in [0, 0.05) is 6.07 Å². The number of benzene rings is 1. The second kappa shape index (κ2) is 5.05. The SMILES string of the molecule is COc1cc(Cl)c(NC(=O)C(N)=O)cc1Cl. The van der Waals surface area contributed by atoms with Crippen molar-refractivity contribution in [2.75, 3.05) is 12.4 Å². The molecular weight excluding hydrogens is 255 g/mol. The highest BCUT2D eigenvalue weighted by molar-refractivity contribution is 6.41. The van der Waals surface area contributed by atoms with E-state index in [4.69, 9.17) is 33.7 Å². The lowest BCUT2D eigenvalue weighted by Crippen LogP contribution is -2.29. The van der Waals surface area contributed by atoms with Crippen molar-refractivity contribution in [3.05, 3.63) is 22.2 Å². The van der Waals surface area contributed by atoms with Crippen LogP contribution in [-0.4, -0.2) is 18.9 Å². The Morgan fingerprint density at radius 3 is 2.44 bits per heavy atom. The summed E-state index contributed by atoms with van der Waals surface area (Å²) in [5.74, 6) is -1.71. The van der Waals surface area contributed by atoms with Crippen molar-refractivity contribution in [1.82, 2.24) is 0 Å². The highest BCUT2D eigenvalue weighted by atomic mass is 35.5. The van der Waals surface area contributed by atoms with Crippen molar-refractivity contribution in [1.29, 1.82) is 0 Å². The van der Waals surface area contributed by atoms with E-state index in [1.54, 1.807) is 0 Å². The zero-order chi connectivity index (χ0) is 12.3. The summed E-state index contributed by atoms with van der Waals surface area (Å²) < 4.78 is 4.91. The van der Waals surface area contributed by atoms with Crippen molar-refractivity contribution >= 4 is 40.7 Å². The number of rotatable bonds is 2. The Balaban J connectivity index is 3.02. The Morgan fingerprint density at radius 2 is 1.94 bits per heavy atom. The van der Waals surface area contributed by atoms with Crippen molar-refractivity contribution in [2.24, 2.45) is 5.73 Å². The van der Waals surface area contributed by atoms with Crippen LogP contribution in [0.5, 0.6) is 5.75 Å². The molecule has 0 saturated carbocycles. The van der Waals surface area contributed by atoms with Crippen LogP contribution >= 0.6 is 23.2 Å². The third-order valence-corrected chi connectivity index (χ3v) is 2.32. The first-order valence-corrected chi connectivity index (χ1v) is 4.85. The van der Waals surface area contributed by atoms with E-state index in [-0.39, 0.29) is 15.7 Å². The predicted octanol–water partition coefficient (Wildman–Crippen LogP) is 1.43. The normalized spacial score (nSPS) is 9.69. The molecule has 1 aromatic carbocycles. The summed E-state index contributed by atoms with van der Waals surface area (Å²) in [6.07, 6.45) is 0. The molecular formula is C9H8Cl2N2O3. The second-order valence-electron chi connectivity index (χ2n) is 2.78. The number of nitrogens with one attached hydrogen (secondary N) is 1. The highest BCUT2D eigenvalue weighted by Gasteiger charge is 2.13. The number of carbonyl (C=O) groups excluding carboxylic acids is 2. The molecule has 3 N–H and O–H groups in total. The zero-order valence-corrected chi connectivity index (χ0v) is 9.72. The van der Waals surface area contributed by atoms with Gasteiger partial charge < -0.3 is 15.8 Å². The van der Waals surface area contributed by atoms with E-state index in [1.165, 1.54) is 19.2 Å². The number of primary amides is 1. The minimum atomic E-state index is -1.11. The standard InChI is InChI=1S/C9H8Cl2N2O3/c1-16-7-3-4(10)6(2-5(7)11)13-9(15)8(12)14/h2-3H,1H3,(H2,12,14)(H,13,15). The van der Waals surface area contributed by atoms with Gasteiger partial charge in [0.15, 0.2) is 0 Å². The van der Waals surface area contributed by atoms with Gasteiger partial charge in [-0.2, -0.15) is 0 Å². The molecule has 86 valence electrons. The van der Waals surface area contributed by atoms with E-state index in [0.29, 0.717) is 5.75 Å². The number of hydrogen-bond donors (Lipinski definition) is 2. The van der Waals surface area contributed by atoms with Crippen LogP contribution in [0, 0.1) is 0 Å². The summed E-state index contributed by atoms with van der Waals surface area (Å²) in [6, 6.07) is 2.78. The van der Waals surface area contributed by atoms with Crippen molar-refractivity contribution in [2.45, 2.75) is 0 Å². The third-order valence-electron chi connectivity index (χ3n) is 1.71. The summed E-state index contributed by atoms with van der Waals surface area (Å²) in [5.41, 5.74) is 4.97. The largest absolute Gasteiger partial charge is 0.495 e. The van der Waals surface area contributed by atoms with Crippen LogP contribution in [0.4, 0.5) is 5.69 Å². The molecule has 0 unspecified atom stereocenters. The molecule has 0 saturated heterocycles. The second-order valence-corrected chi connectivity index (χ2v) is 3.60. The Kier molecular flexibility index (Phi) is 3.98. The number of methoxy groups -OCH3 is 1. The highest BCUT2D eigenvalue weighted by Crippen LogP contribution is 2.33. The average Bonchev–Trinajstić information content (AvgIpc) is 2.22. The maximum absolute atomic E-state index is 11.0. The summed E-state index contributed by atoms with van der Waals surface area (Å²) in [4.78, 5) is 21.5. The fraction of sp³-hybridized carbons (Fsp3) is 0.111. The lowest BCUT2D eigenvalue weighted by molar-refractivity contribution is -0.134. The van der Waals surface area contributed by atoms with E-state index >= 15 is 0 Å². The van der Waals surface area contributed by atoms with E-state index < -0.39 is 11.8 Å². The molecule has 0 heterocycles. The van der Waals surface area contributed by atoms with Crippen molar-refractivity contribution in [3.63, 3.8) is 0 Å². The predicted molar refractivity (Wildman–Crippen MR) is 60.8 cm³/mol. The van der Waals surface area contributed by atoms with Crippen LogP contribution < -0.4 is 15.8 Å². The van der Waals surface area contributed by atoms with E-state index in [9.17, 15) is 9.59 Å². The van der Waals surface area contributed by atoms with E-state index in [2.05, 4.69) is 5.32 Å². The van der Waals surface area contributed by atoms with Crippen LogP contribution in [0.2, 0.25) is 10.0 Å². The van der Waals surface area contributed by atoms with Gasteiger partial charge in [-0.1, -0.05) is 23.2 Å². The molecule has 0 bridgehead atoms. The quantitative estimate of drug-likeness (QED) is 0.792. The maximum atomic E-state index is 11.0. The smallest absolute Gasteiger partial charge is 0.313 e. The summed E-state index contributed by atoms with van der Waals surface area (Å²) in [6.45, 7) is 0. The molecule has 0 aliphatic heterocycles. The van der Waals surface area contributed by atoms with E-state index in [1.807, 2.05) is 0 Å². The first kappa shape index (κ1) is 12.6. The monoisotopic (exact) mass is 262 g/mol. The molecule has 0 spiro atoms. The lowest BCUT2D eigenvalue weighted by Gasteiger charge is -2.09. The number of ether oxygens (including phenoxy) is 1. The van der Waals surface area contributed by atoms with E-state index in [0.717, 1.165) is 0 Å². The lowest BCUT2D eigenvalue weighted by atomic mass is 10.3. The Labute approximate surface area is 101 Å². The minimum absolute atomic E-state index is 0.191. The molecule has 1 aromatic rings. The third kappa shape index (κ3) is 2.77.